The number of rotatable bonds is 7. The van der Waals surface area contributed by atoms with Gasteiger partial charge in [0.05, 0.1) is 6.10 Å². The van der Waals surface area contributed by atoms with E-state index in [0.29, 0.717) is 24.8 Å². The number of amides is 1. The fraction of sp³-hybridized carbons (Fsp3) is 0.742. The van der Waals surface area contributed by atoms with Gasteiger partial charge in [0.2, 0.25) is 5.78 Å². The van der Waals surface area contributed by atoms with E-state index in [1.165, 1.54) is 12.2 Å². The van der Waals surface area contributed by atoms with Crippen molar-refractivity contribution in [3.05, 3.63) is 23.8 Å². The van der Waals surface area contributed by atoms with Crippen LogP contribution in [0.4, 0.5) is 9.18 Å². The van der Waals surface area contributed by atoms with Gasteiger partial charge < -0.3 is 25.0 Å². The lowest BCUT2D eigenvalue weighted by atomic mass is 9.44. The van der Waals surface area contributed by atoms with E-state index in [1.54, 1.807) is 47.6 Å². The zero-order valence-electron chi connectivity index (χ0n) is 24.9. The monoisotopic (exact) mass is 577 g/mol. The van der Waals surface area contributed by atoms with Crippen LogP contribution in [0.25, 0.3) is 0 Å². The molecular formula is C31H44FNO8. The minimum Gasteiger partial charge on any atom is -0.458 e. The molecule has 0 aromatic rings. The van der Waals surface area contributed by atoms with Gasteiger partial charge in [0.15, 0.2) is 18.1 Å². The molecule has 0 unspecified atom stereocenters. The highest BCUT2D eigenvalue weighted by Gasteiger charge is 2.75. The Morgan fingerprint density at radius 3 is 2.54 bits per heavy atom. The van der Waals surface area contributed by atoms with E-state index < -0.39 is 76.0 Å². The number of alkyl carbamates (subject to hydrolysis) is 1. The van der Waals surface area contributed by atoms with Crippen molar-refractivity contribution >= 4 is 23.6 Å². The number of fused-ring (bicyclic) bond motifs is 5. The lowest BCUT2D eigenvalue weighted by Gasteiger charge is -2.62. The van der Waals surface area contributed by atoms with E-state index in [-0.39, 0.29) is 31.6 Å². The summed E-state index contributed by atoms with van der Waals surface area (Å²) in [4.78, 5) is 49.6. The number of carbonyl (C=O) groups is 4. The van der Waals surface area contributed by atoms with Crippen LogP contribution in [0.1, 0.15) is 80.1 Å². The number of alkyl halides is 1. The highest BCUT2D eigenvalue weighted by Crippen LogP contribution is 2.70. The van der Waals surface area contributed by atoms with Crippen molar-refractivity contribution in [2.45, 2.75) is 103 Å². The number of ether oxygens (including phenoxy) is 2. The van der Waals surface area contributed by atoms with Crippen LogP contribution >= 0.6 is 0 Å². The molecule has 3 saturated carbocycles. The molecule has 10 heteroatoms. The van der Waals surface area contributed by atoms with Crippen LogP contribution < -0.4 is 5.32 Å². The Morgan fingerprint density at radius 1 is 1.20 bits per heavy atom. The van der Waals surface area contributed by atoms with Gasteiger partial charge in [-0.2, -0.15) is 0 Å². The van der Waals surface area contributed by atoms with E-state index in [1.807, 2.05) is 0 Å². The summed E-state index contributed by atoms with van der Waals surface area (Å²) in [5.41, 5.74) is -6.26. The minimum atomic E-state index is -2.06. The summed E-state index contributed by atoms with van der Waals surface area (Å²) in [6, 6.07) is 0. The summed E-state index contributed by atoms with van der Waals surface area (Å²) in [6.07, 6.45) is 3.65. The van der Waals surface area contributed by atoms with Crippen LogP contribution in [0.2, 0.25) is 0 Å². The van der Waals surface area contributed by atoms with Crippen LogP contribution in [0.5, 0.6) is 0 Å². The minimum absolute atomic E-state index is 0.0490. The van der Waals surface area contributed by atoms with Crippen molar-refractivity contribution in [1.82, 2.24) is 5.32 Å². The van der Waals surface area contributed by atoms with Gasteiger partial charge in [-0.3, -0.25) is 14.4 Å². The maximum Gasteiger partial charge on any atom is 0.407 e. The van der Waals surface area contributed by atoms with Crippen LogP contribution in [0.3, 0.4) is 0 Å². The smallest absolute Gasteiger partial charge is 0.407 e. The summed E-state index contributed by atoms with van der Waals surface area (Å²) in [7, 11) is 0. The van der Waals surface area contributed by atoms with Crippen LogP contribution in [-0.2, 0) is 23.9 Å². The Bertz CT molecular complexity index is 1180. The fourth-order valence-electron chi connectivity index (χ4n) is 8.21. The molecule has 8 atom stereocenters. The molecule has 3 fully saturated rings. The number of esters is 1. The highest BCUT2D eigenvalue weighted by atomic mass is 19.1. The zero-order chi connectivity index (χ0) is 30.6. The maximum absolute atomic E-state index is 17.3. The van der Waals surface area contributed by atoms with Crippen LogP contribution in [0.15, 0.2) is 23.8 Å². The predicted molar refractivity (Wildman–Crippen MR) is 147 cm³/mol. The second kappa shape index (κ2) is 10.6. The largest absolute Gasteiger partial charge is 0.458 e. The van der Waals surface area contributed by atoms with Gasteiger partial charge in [0.25, 0.3) is 0 Å². The van der Waals surface area contributed by atoms with Gasteiger partial charge in [0, 0.05) is 29.7 Å². The molecule has 0 heterocycles. The highest BCUT2D eigenvalue weighted by molar-refractivity contribution is 6.01. The third-order valence-electron chi connectivity index (χ3n) is 10.2. The SMILES string of the molecule is C[C@H]1C[C@H]2[C@@H]3CCC4=CC(=O)C=C[C@]4(C)[C@@]3(F)[C@@H](O)C[C@]2(C)[C@@]1(O)C(=O)COC(=O)CCCNC(=O)OC(C)(C)C. The summed E-state index contributed by atoms with van der Waals surface area (Å²) >= 11 is 0. The Hall–Kier alpha value is -2.59. The molecule has 0 aliphatic heterocycles. The van der Waals surface area contributed by atoms with Crippen molar-refractivity contribution < 1.29 is 43.3 Å². The average Bonchev–Trinajstić information content (AvgIpc) is 3.07. The summed E-state index contributed by atoms with van der Waals surface area (Å²) < 4.78 is 27.6. The zero-order valence-corrected chi connectivity index (χ0v) is 24.9. The average molecular weight is 578 g/mol. The van der Waals surface area contributed by atoms with Gasteiger partial charge >= 0.3 is 12.1 Å². The van der Waals surface area contributed by atoms with Gasteiger partial charge in [-0.05, 0) is 83.8 Å². The van der Waals surface area contributed by atoms with E-state index in [2.05, 4.69) is 5.32 Å². The third kappa shape index (κ3) is 5.05. The van der Waals surface area contributed by atoms with Gasteiger partial charge in [-0.1, -0.05) is 25.5 Å². The lowest BCUT2D eigenvalue weighted by molar-refractivity contribution is -0.220. The predicted octanol–water partition coefficient (Wildman–Crippen LogP) is 3.75. The van der Waals surface area contributed by atoms with E-state index >= 15 is 4.39 Å². The second-order valence-electron chi connectivity index (χ2n) is 13.8. The molecule has 0 aromatic heterocycles. The number of aliphatic hydroxyl groups is 2. The number of carbonyl (C=O) groups excluding carboxylic acids is 4. The fourth-order valence-corrected chi connectivity index (χ4v) is 8.21. The molecule has 1 amide bonds. The number of hydrogen-bond acceptors (Lipinski definition) is 8. The molecular weight excluding hydrogens is 533 g/mol. The van der Waals surface area contributed by atoms with Crippen LogP contribution in [-0.4, -0.2) is 70.0 Å². The van der Waals surface area contributed by atoms with E-state index in [9.17, 15) is 29.4 Å². The number of nitrogens with one attached hydrogen (secondary N) is 1. The van der Waals surface area contributed by atoms with Crippen molar-refractivity contribution in [2.75, 3.05) is 13.2 Å². The molecule has 9 nitrogen and oxygen atoms in total. The van der Waals surface area contributed by atoms with Crippen LogP contribution in [0, 0.1) is 28.6 Å². The molecule has 4 aliphatic carbocycles. The number of halogens is 1. The van der Waals surface area contributed by atoms with Crippen molar-refractivity contribution in [2.24, 2.45) is 28.6 Å². The quantitative estimate of drug-likeness (QED) is 0.307. The topological polar surface area (TPSA) is 139 Å². The number of aliphatic hydroxyl groups excluding tert-OH is 1. The first kappa shape index (κ1) is 31.3. The van der Waals surface area contributed by atoms with Gasteiger partial charge in [-0.25, -0.2) is 9.18 Å². The summed E-state index contributed by atoms with van der Waals surface area (Å²) in [5.74, 6) is -3.11. The molecule has 0 saturated heterocycles. The third-order valence-corrected chi connectivity index (χ3v) is 10.2. The number of allylic oxidation sites excluding steroid dienone is 4. The second-order valence-corrected chi connectivity index (χ2v) is 13.8. The van der Waals surface area contributed by atoms with Gasteiger partial charge in [-0.15, -0.1) is 0 Å². The first-order valence-electron chi connectivity index (χ1n) is 14.6. The molecule has 3 N–H and O–H groups in total. The first-order chi connectivity index (χ1) is 18.9. The number of ketones is 2. The molecule has 0 aromatic carbocycles. The van der Waals surface area contributed by atoms with E-state index in [4.69, 9.17) is 9.47 Å². The Morgan fingerprint density at radius 2 is 1.88 bits per heavy atom. The summed E-state index contributed by atoms with van der Waals surface area (Å²) in [5, 5.41) is 25.9. The Balaban J connectivity index is 1.42. The molecule has 41 heavy (non-hydrogen) atoms. The molecule has 4 rings (SSSR count). The first-order valence-corrected chi connectivity index (χ1v) is 14.6. The molecule has 0 radical (unpaired) electrons. The molecule has 4 aliphatic rings. The van der Waals surface area contributed by atoms with Crippen molar-refractivity contribution in [1.29, 1.82) is 0 Å². The van der Waals surface area contributed by atoms with E-state index in [0.717, 1.165) is 0 Å². The maximum atomic E-state index is 17.3. The van der Waals surface area contributed by atoms with Crippen molar-refractivity contribution in [3.8, 4) is 0 Å². The lowest BCUT2D eigenvalue weighted by Crippen LogP contribution is -2.69. The van der Waals surface area contributed by atoms with Gasteiger partial charge in [0.1, 0.15) is 11.2 Å². The number of Topliss-reactive ketones (excluding diaryl/α,β-unsaturated/α-hetero) is 1. The molecule has 228 valence electrons. The summed E-state index contributed by atoms with van der Waals surface area (Å²) in [6.45, 7) is 9.96. The Kier molecular flexibility index (Phi) is 8.10. The Labute approximate surface area is 240 Å². The van der Waals surface area contributed by atoms with Crippen molar-refractivity contribution in [3.63, 3.8) is 0 Å². The number of hydrogen-bond donors (Lipinski definition) is 3. The molecule has 0 bridgehead atoms. The normalized spacial score (nSPS) is 39.6. The standard InChI is InChI=1S/C31H44FNO8/c1-18-14-22-21-10-9-19-15-20(34)11-12-28(19,5)30(21,32)23(35)16-29(22,6)31(18,39)24(36)17-40-25(37)8-7-13-33-26(38)41-27(2,3)4/h11-12,15,18,21-23,35,39H,7-10,13-14,16-17H2,1-6H3,(H,33,38)/t18-,21-,22-,23-,28-,29-,30-,31-/m0/s1. The molecule has 0 spiro atoms.